The molecule has 1 aliphatic rings. The van der Waals surface area contributed by atoms with Crippen LogP contribution in [-0.2, 0) is 7.05 Å². The van der Waals surface area contributed by atoms with E-state index in [1.165, 1.54) is 0 Å². The molecule has 3 heterocycles. The van der Waals surface area contributed by atoms with Gasteiger partial charge in [0.2, 0.25) is 0 Å². The number of rotatable bonds is 3. The van der Waals surface area contributed by atoms with Crippen LogP contribution in [0, 0.1) is 11.5 Å². The van der Waals surface area contributed by atoms with Crippen LogP contribution in [0.15, 0.2) is 36.7 Å². The van der Waals surface area contributed by atoms with Crippen molar-refractivity contribution in [1.29, 1.82) is 5.26 Å². The van der Waals surface area contributed by atoms with Crippen LogP contribution in [0.4, 0.5) is 0 Å². The number of hydrogen-bond acceptors (Lipinski definition) is 4. The minimum atomic E-state index is -0.0473. The topological polar surface area (TPSA) is 81.0 Å². The van der Waals surface area contributed by atoms with Crippen LogP contribution in [0.3, 0.4) is 0 Å². The van der Waals surface area contributed by atoms with E-state index in [4.69, 9.17) is 5.26 Å². The number of fused-ring (bicyclic) bond motifs is 1. The van der Waals surface area contributed by atoms with Gasteiger partial charge in [0.05, 0.1) is 12.2 Å². The van der Waals surface area contributed by atoms with Gasteiger partial charge in [-0.25, -0.2) is 0 Å². The number of likely N-dealkylation sites (tertiary alicyclic amines) is 1. The molecule has 26 heavy (non-hydrogen) atoms. The average Bonchev–Trinajstić information content (AvgIpc) is 3.38. The van der Waals surface area contributed by atoms with Crippen molar-refractivity contribution in [2.24, 2.45) is 7.05 Å². The molecule has 1 fully saturated rings. The number of benzene rings is 1. The third kappa shape index (κ3) is 2.80. The van der Waals surface area contributed by atoms with E-state index < -0.39 is 0 Å². The second-order valence-electron chi connectivity index (χ2n) is 6.79. The number of aromatic nitrogens is 3. The molecule has 1 saturated heterocycles. The predicted octanol–water partition coefficient (Wildman–Crippen LogP) is 2.20. The summed E-state index contributed by atoms with van der Waals surface area (Å²) in [5.41, 5.74) is 3.61. The van der Waals surface area contributed by atoms with Gasteiger partial charge in [-0.1, -0.05) is 6.07 Å². The van der Waals surface area contributed by atoms with Crippen molar-refractivity contribution in [2.45, 2.75) is 12.5 Å². The summed E-state index contributed by atoms with van der Waals surface area (Å²) >= 11 is 0. The second-order valence-corrected chi connectivity index (χ2v) is 6.79. The first-order valence-corrected chi connectivity index (χ1v) is 8.59. The molecule has 2 aromatic heterocycles. The van der Waals surface area contributed by atoms with Crippen LogP contribution in [0.2, 0.25) is 0 Å². The maximum atomic E-state index is 12.8. The van der Waals surface area contributed by atoms with Gasteiger partial charge in [0, 0.05) is 49.8 Å². The number of nitrogens with one attached hydrogen (secondary N) is 1. The Kier molecular flexibility index (Phi) is 3.88. The Morgan fingerprint density at radius 1 is 1.38 bits per heavy atom. The fraction of sp³-hybridized carbons (Fsp3) is 0.316. The lowest BCUT2D eigenvalue weighted by Crippen LogP contribution is -2.38. The molecule has 0 spiro atoms. The van der Waals surface area contributed by atoms with Crippen LogP contribution in [0.1, 0.15) is 16.9 Å². The number of hydrogen-bond donors (Lipinski definition) is 1. The van der Waals surface area contributed by atoms with E-state index in [1.54, 1.807) is 21.5 Å². The van der Waals surface area contributed by atoms with Crippen LogP contribution < -0.4 is 0 Å². The van der Waals surface area contributed by atoms with E-state index in [0.29, 0.717) is 18.8 Å². The van der Waals surface area contributed by atoms with Gasteiger partial charge in [-0.3, -0.25) is 9.48 Å². The first-order valence-electron chi connectivity index (χ1n) is 8.59. The van der Waals surface area contributed by atoms with E-state index >= 15 is 0 Å². The minimum Gasteiger partial charge on any atom is -0.351 e. The molecule has 1 N–H and O–H groups in total. The minimum absolute atomic E-state index is 0.0473. The van der Waals surface area contributed by atoms with Gasteiger partial charge in [0.25, 0.3) is 5.91 Å². The highest BCUT2D eigenvalue weighted by molar-refractivity contribution is 5.99. The van der Waals surface area contributed by atoms with E-state index in [-0.39, 0.29) is 11.9 Å². The molecular formula is C19H20N6O. The molecule has 7 heteroatoms. The highest BCUT2D eigenvalue weighted by atomic mass is 16.2. The molecule has 0 saturated carbocycles. The van der Waals surface area contributed by atoms with Crippen molar-refractivity contribution in [3.05, 3.63) is 42.4 Å². The number of H-pyrrole nitrogens is 1. The molecule has 1 aromatic carbocycles. The lowest BCUT2D eigenvalue weighted by atomic mass is 10.1. The molecule has 0 radical (unpaired) electrons. The van der Waals surface area contributed by atoms with E-state index in [9.17, 15) is 4.79 Å². The summed E-state index contributed by atoms with van der Waals surface area (Å²) in [6.45, 7) is 1.31. The summed E-state index contributed by atoms with van der Waals surface area (Å²) in [6.07, 6.45) is 6.77. The SMILES string of the molecule is CN(C(=O)c1cc2cc(-c3cnn(C)c3)ccc2[nH]1)[C@@H]1CCN(C#N)C1. The summed E-state index contributed by atoms with van der Waals surface area (Å²) in [4.78, 5) is 19.5. The van der Waals surface area contributed by atoms with Crippen molar-refractivity contribution < 1.29 is 4.79 Å². The van der Waals surface area contributed by atoms with Gasteiger partial charge in [-0.05, 0) is 30.2 Å². The lowest BCUT2D eigenvalue weighted by Gasteiger charge is -2.23. The Hall–Kier alpha value is -3.27. The summed E-state index contributed by atoms with van der Waals surface area (Å²) in [5.74, 6) is -0.0473. The molecule has 0 bridgehead atoms. The predicted molar refractivity (Wildman–Crippen MR) is 98.2 cm³/mol. The molecule has 7 nitrogen and oxygen atoms in total. The number of carbonyl (C=O) groups excluding carboxylic acids is 1. The number of aromatic amines is 1. The Bertz CT molecular complexity index is 1010. The van der Waals surface area contributed by atoms with E-state index in [1.807, 2.05) is 37.6 Å². The van der Waals surface area contributed by atoms with Crippen molar-refractivity contribution in [3.63, 3.8) is 0 Å². The molecule has 1 atom stereocenters. The van der Waals surface area contributed by atoms with Crippen LogP contribution in [0.5, 0.6) is 0 Å². The summed E-state index contributed by atoms with van der Waals surface area (Å²) in [6, 6.07) is 8.04. The number of nitrogens with zero attached hydrogens (tertiary/aromatic N) is 5. The van der Waals surface area contributed by atoms with Gasteiger partial charge < -0.3 is 14.8 Å². The van der Waals surface area contributed by atoms with Gasteiger partial charge in [0.1, 0.15) is 5.69 Å². The average molecular weight is 348 g/mol. The quantitative estimate of drug-likeness (QED) is 0.736. The van der Waals surface area contributed by atoms with Crippen molar-refractivity contribution in [2.75, 3.05) is 20.1 Å². The Balaban J connectivity index is 1.59. The number of amides is 1. The molecule has 3 aromatic rings. The number of aryl methyl sites for hydroxylation is 1. The molecule has 132 valence electrons. The van der Waals surface area contributed by atoms with Crippen LogP contribution >= 0.6 is 0 Å². The van der Waals surface area contributed by atoms with Gasteiger partial charge in [0.15, 0.2) is 6.19 Å². The Morgan fingerprint density at radius 3 is 2.92 bits per heavy atom. The number of nitriles is 1. The maximum Gasteiger partial charge on any atom is 0.270 e. The zero-order valence-corrected chi connectivity index (χ0v) is 14.8. The summed E-state index contributed by atoms with van der Waals surface area (Å²) < 4.78 is 1.77. The first kappa shape index (κ1) is 16.2. The highest BCUT2D eigenvalue weighted by Crippen LogP contribution is 2.25. The van der Waals surface area contributed by atoms with Gasteiger partial charge in [-0.2, -0.15) is 10.4 Å². The Labute approximate surface area is 151 Å². The van der Waals surface area contributed by atoms with Gasteiger partial charge in [-0.15, -0.1) is 0 Å². The summed E-state index contributed by atoms with van der Waals surface area (Å²) in [5, 5.41) is 14.2. The maximum absolute atomic E-state index is 12.8. The molecule has 0 unspecified atom stereocenters. The Morgan fingerprint density at radius 2 is 2.23 bits per heavy atom. The van der Waals surface area contributed by atoms with Crippen molar-refractivity contribution in [3.8, 4) is 17.3 Å². The van der Waals surface area contributed by atoms with Crippen molar-refractivity contribution >= 4 is 16.8 Å². The molecular weight excluding hydrogens is 328 g/mol. The fourth-order valence-electron chi connectivity index (χ4n) is 3.50. The third-order valence-electron chi connectivity index (χ3n) is 5.06. The third-order valence-corrected chi connectivity index (χ3v) is 5.06. The molecule has 1 amide bonds. The summed E-state index contributed by atoms with van der Waals surface area (Å²) in [7, 11) is 3.70. The zero-order valence-electron chi connectivity index (χ0n) is 14.8. The van der Waals surface area contributed by atoms with Crippen LogP contribution in [-0.4, -0.2) is 56.7 Å². The molecule has 4 rings (SSSR count). The first-order chi connectivity index (χ1) is 12.5. The van der Waals surface area contributed by atoms with Crippen molar-refractivity contribution in [1.82, 2.24) is 24.6 Å². The number of likely N-dealkylation sites (N-methyl/N-ethyl adjacent to an activating group) is 1. The fourth-order valence-corrected chi connectivity index (χ4v) is 3.50. The zero-order chi connectivity index (χ0) is 18.3. The second kappa shape index (κ2) is 6.23. The smallest absolute Gasteiger partial charge is 0.270 e. The molecule has 0 aliphatic carbocycles. The highest BCUT2D eigenvalue weighted by Gasteiger charge is 2.29. The molecule has 1 aliphatic heterocycles. The number of carbonyl (C=O) groups is 1. The monoisotopic (exact) mass is 348 g/mol. The largest absolute Gasteiger partial charge is 0.351 e. The van der Waals surface area contributed by atoms with E-state index in [0.717, 1.165) is 28.5 Å². The normalized spacial score (nSPS) is 16.8. The van der Waals surface area contributed by atoms with Gasteiger partial charge >= 0.3 is 0 Å². The van der Waals surface area contributed by atoms with Crippen LogP contribution in [0.25, 0.3) is 22.0 Å². The van der Waals surface area contributed by atoms with E-state index in [2.05, 4.69) is 22.3 Å². The lowest BCUT2D eigenvalue weighted by molar-refractivity contribution is 0.0734. The standard InChI is InChI=1S/C19H20N6O/c1-23-10-15(9-21-23)13-3-4-17-14(7-13)8-18(22-17)19(26)24(2)16-5-6-25(11-16)12-20/h3-4,7-10,16,22H,5-6,11H2,1-2H3/t16-/m1/s1.